The van der Waals surface area contributed by atoms with Crippen LogP contribution in [-0.2, 0) is 0 Å². The van der Waals surface area contributed by atoms with E-state index < -0.39 is 0 Å². The largest absolute Gasteiger partial charge is 0.130 e. The second-order valence-corrected chi connectivity index (χ2v) is 8.74. The van der Waals surface area contributed by atoms with E-state index in [4.69, 9.17) is 23.2 Å². The summed E-state index contributed by atoms with van der Waals surface area (Å²) < 4.78 is 1.01. The number of fused-ring (bicyclic) bond motifs is 2. The molecule has 3 rings (SSSR count). The molecule has 0 aliphatic heterocycles. The van der Waals surface area contributed by atoms with E-state index >= 15 is 0 Å². The molecule has 0 spiro atoms. The molecule has 1 aromatic heterocycles. The molecule has 4 heteroatoms. The Kier molecular flexibility index (Phi) is 3.78. The smallest absolute Gasteiger partial charge is 0.0887 e. The van der Waals surface area contributed by atoms with Crippen molar-refractivity contribution in [2.24, 2.45) is 17.8 Å². The van der Waals surface area contributed by atoms with Gasteiger partial charge in [0.2, 0.25) is 0 Å². The minimum atomic E-state index is 0.146. The second kappa shape index (κ2) is 5.03. The summed E-state index contributed by atoms with van der Waals surface area (Å²) in [7, 11) is 0. The standard InChI is InChI=1S/C13H15BrCl2S/c14-13-11(16)6-12(17-13)10(15)5-9-4-7-1-2-8(9)3-7/h6-10H,1-5H2. The van der Waals surface area contributed by atoms with Crippen LogP contribution in [0.1, 0.15) is 42.4 Å². The van der Waals surface area contributed by atoms with Gasteiger partial charge < -0.3 is 0 Å². The Hall–Kier alpha value is 0.760. The Balaban J connectivity index is 1.65. The lowest BCUT2D eigenvalue weighted by Gasteiger charge is -2.23. The Morgan fingerprint density at radius 3 is 2.76 bits per heavy atom. The topological polar surface area (TPSA) is 0 Å². The number of rotatable bonds is 3. The molecular weight excluding hydrogens is 339 g/mol. The maximum atomic E-state index is 6.54. The Labute approximate surface area is 125 Å². The number of halogens is 3. The van der Waals surface area contributed by atoms with Crippen molar-refractivity contribution in [2.75, 3.05) is 0 Å². The minimum Gasteiger partial charge on any atom is -0.130 e. The van der Waals surface area contributed by atoms with E-state index in [1.807, 2.05) is 6.07 Å². The predicted molar refractivity (Wildman–Crippen MR) is 79.2 cm³/mol. The lowest BCUT2D eigenvalue weighted by atomic mass is 9.85. The molecule has 1 aromatic rings. The lowest BCUT2D eigenvalue weighted by Crippen LogP contribution is -2.12. The van der Waals surface area contributed by atoms with Gasteiger partial charge >= 0.3 is 0 Å². The van der Waals surface area contributed by atoms with Gasteiger partial charge in [-0.05, 0) is 65.4 Å². The fourth-order valence-electron chi connectivity index (χ4n) is 3.56. The average molecular weight is 354 g/mol. The Morgan fingerprint density at radius 1 is 1.41 bits per heavy atom. The minimum absolute atomic E-state index is 0.146. The first-order valence-electron chi connectivity index (χ1n) is 6.22. The molecular formula is C13H15BrCl2S. The van der Waals surface area contributed by atoms with Crippen molar-refractivity contribution in [3.63, 3.8) is 0 Å². The average Bonchev–Trinajstić information content (AvgIpc) is 2.95. The van der Waals surface area contributed by atoms with Crippen molar-refractivity contribution in [3.8, 4) is 0 Å². The summed E-state index contributed by atoms with van der Waals surface area (Å²) in [5.41, 5.74) is 0. The molecule has 4 unspecified atom stereocenters. The molecule has 2 aliphatic carbocycles. The van der Waals surface area contributed by atoms with Gasteiger partial charge in [0.1, 0.15) is 0 Å². The monoisotopic (exact) mass is 352 g/mol. The van der Waals surface area contributed by atoms with Gasteiger partial charge in [-0.15, -0.1) is 22.9 Å². The molecule has 94 valence electrons. The van der Waals surface area contributed by atoms with Gasteiger partial charge in [-0.1, -0.05) is 18.0 Å². The third-order valence-corrected chi connectivity index (χ3v) is 7.50. The molecule has 0 saturated heterocycles. The molecule has 0 N–H and O–H groups in total. The molecule has 1 heterocycles. The normalized spacial score (nSPS) is 33.2. The Bertz CT molecular complexity index is 398. The summed E-state index contributed by atoms with van der Waals surface area (Å²) in [5, 5.41) is 0.941. The number of alkyl halides is 1. The number of hydrogen-bond donors (Lipinski definition) is 0. The molecule has 2 aliphatic rings. The van der Waals surface area contributed by atoms with Crippen LogP contribution < -0.4 is 0 Å². The summed E-state index contributed by atoms with van der Waals surface area (Å²) in [5.74, 6) is 2.82. The molecule has 17 heavy (non-hydrogen) atoms. The highest BCUT2D eigenvalue weighted by atomic mass is 79.9. The molecule has 0 radical (unpaired) electrons. The van der Waals surface area contributed by atoms with Crippen LogP contribution in [0.25, 0.3) is 0 Å². The molecule has 0 amide bonds. The van der Waals surface area contributed by atoms with E-state index in [1.165, 1.54) is 30.6 Å². The van der Waals surface area contributed by atoms with Crippen LogP contribution in [0.3, 0.4) is 0 Å². The lowest BCUT2D eigenvalue weighted by molar-refractivity contribution is 0.312. The van der Waals surface area contributed by atoms with E-state index in [-0.39, 0.29) is 5.38 Å². The third-order valence-electron chi connectivity index (χ3n) is 4.37. The maximum Gasteiger partial charge on any atom is 0.0887 e. The van der Waals surface area contributed by atoms with Gasteiger partial charge in [-0.3, -0.25) is 0 Å². The first kappa shape index (κ1) is 12.8. The molecule has 2 saturated carbocycles. The first-order chi connectivity index (χ1) is 8.13. The highest BCUT2D eigenvalue weighted by Crippen LogP contribution is 2.52. The fourth-order valence-corrected chi connectivity index (χ4v) is 5.73. The van der Waals surface area contributed by atoms with Gasteiger partial charge in [-0.2, -0.15) is 0 Å². The maximum absolute atomic E-state index is 6.54. The fraction of sp³-hybridized carbons (Fsp3) is 0.692. The molecule has 0 aromatic carbocycles. The number of thiophene rings is 1. The zero-order valence-electron chi connectivity index (χ0n) is 9.46. The van der Waals surface area contributed by atoms with Crippen molar-refractivity contribution < 1.29 is 0 Å². The van der Waals surface area contributed by atoms with Gasteiger partial charge in [0.15, 0.2) is 0 Å². The second-order valence-electron chi connectivity index (χ2n) is 5.41. The van der Waals surface area contributed by atoms with E-state index in [1.54, 1.807) is 11.3 Å². The van der Waals surface area contributed by atoms with Crippen LogP contribution in [0.15, 0.2) is 9.85 Å². The number of hydrogen-bond acceptors (Lipinski definition) is 1. The van der Waals surface area contributed by atoms with Crippen LogP contribution in [0.4, 0.5) is 0 Å². The van der Waals surface area contributed by atoms with Crippen LogP contribution in [0, 0.1) is 17.8 Å². The van der Waals surface area contributed by atoms with Gasteiger partial charge in [0.05, 0.1) is 14.2 Å². The Morgan fingerprint density at radius 2 is 2.24 bits per heavy atom. The molecule has 2 fully saturated rings. The van der Waals surface area contributed by atoms with E-state index in [0.717, 1.165) is 33.0 Å². The zero-order valence-corrected chi connectivity index (χ0v) is 13.4. The summed E-state index contributed by atoms with van der Waals surface area (Å²) in [6, 6.07) is 2.02. The zero-order chi connectivity index (χ0) is 12.0. The highest BCUT2D eigenvalue weighted by molar-refractivity contribution is 9.11. The first-order valence-corrected chi connectivity index (χ1v) is 8.64. The highest BCUT2D eigenvalue weighted by Gasteiger charge is 2.40. The predicted octanol–water partition coefficient (Wildman–Crippen LogP) is 6.27. The van der Waals surface area contributed by atoms with Gasteiger partial charge in [0, 0.05) is 4.88 Å². The quantitative estimate of drug-likeness (QED) is 0.561. The van der Waals surface area contributed by atoms with E-state index in [0.29, 0.717) is 0 Å². The van der Waals surface area contributed by atoms with Crippen LogP contribution in [0.5, 0.6) is 0 Å². The van der Waals surface area contributed by atoms with Crippen molar-refractivity contribution in [2.45, 2.75) is 37.5 Å². The van der Waals surface area contributed by atoms with Gasteiger partial charge in [-0.25, -0.2) is 0 Å². The van der Waals surface area contributed by atoms with Gasteiger partial charge in [0.25, 0.3) is 0 Å². The van der Waals surface area contributed by atoms with E-state index in [9.17, 15) is 0 Å². The third kappa shape index (κ3) is 2.56. The summed E-state index contributed by atoms with van der Waals surface area (Å²) in [4.78, 5) is 1.21. The summed E-state index contributed by atoms with van der Waals surface area (Å²) >= 11 is 17.7. The van der Waals surface area contributed by atoms with Crippen LogP contribution in [0.2, 0.25) is 5.02 Å². The van der Waals surface area contributed by atoms with E-state index in [2.05, 4.69) is 15.9 Å². The van der Waals surface area contributed by atoms with Crippen molar-refractivity contribution >= 4 is 50.5 Å². The van der Waals surface area contributed by atoms with Crippen molar-refractivity contribution in [1.29, 1.82) is 0 Å². The summed E-state index contributed by atoms with van der Waals surface area (Å²) in [6.45, 7) is 0. The summed E-state index contributed by atoms with van der Waals surface area (Å²) in [6.07, 6.45) is 6.90. The van der Waals surface area contributed by atoms with Crippen LogP contribution in [-0.4, -0.2) is 0 Å². The van der Waals surface area contributed by atoms with Crippen molar-refractivity contribution in [1.82, 2.24) is 0 Å². The van der Waals surface area contributed by atoms with Crippen LogP contribution >= 0.6 is 50.5 Å². The SMILES string of the molecule is Clc1cc(C(Cl)CC2CC3CCC2C3)sc1Br. The molecule has 4 atom stereocenters. The molecule has 0 nitrogen and oxygen atoms in total. The van der Waals surface area contributed by atoms with Crippen molar-refractivity contribution in [3.05, 3.63) is 19.8 Å². The molecule has 2 bridgehead atoms.